The summed E-state index contributed by atoms with van der Waals surface area (Å²) in [5.74, 6) is 0.129. The molecular weight excluding hydrogens is 358 g/mol. The third kappa shape index (κ3) is 4.43. The molecule has 3 aromatic rings. The van der Waals surface area contributed by atoms with Gasteiger partial charge in [0.1, 0.15) is 0 Å². The molecule has 1 saturated heterocycles. The zero-order valence-corrected chi connectivity index (χ0v) is 17.3. The van der Waals surface area contributed by atoms with Crippen LogP contribution in [0, 0.1) is 6.92 Å². The Morgan fingerprint density at radius 1 is 1.00 bits per heavy atom. The van der Waals surface area contributed by atoms with Gasteiger partial charge in [-0.15, -0.1) is 0 Å². The molecule has 0 unspecified atom stereocenters. The molecule has 4 nitrogen and oxygen atoms in total. The van der Waals surface area contributed by atoms with E-state index in [1.807, 2.05) is 0 Å². The van der Waals surface area contributed by atoms with Gasteiger partial charge in [-0.25, -0.2) is 0 Å². The van der Waals surface area contributed by atoms with Gasteiger partial charge in [0.25, 0.3) is 5.91 Å². The van der Waals surface area contributed by atoms with E-state index in [9.17, 15) is 4.79 Å². The number of anilines is 1. The van der Waals surface area contributed by atoms with E-state index >= 15 is 0 Å². The summed E-state index contributed by atoms with van der Waals surface area (Å²) in [7, 11) is 0. The number of nitrogens with zero attached hydrogens (tertiary/aromatic N) is 1. The number of para-hydroxylation sites is 1. The molecule has 0 aromatic heterocycles. The minimum atomic E-state index is 0.00116. The summed E-state index contributed by atoms with van der Waals surface area (Å²) in [6.45, 7) is 8.74. The van der Waals surface area contributed by atoms with Gasteiger partial charge >= 0.3 is 0 Å². The van der Waals surface area contributed by atoms with Crippen LogP contribution in [0.15, 0.2) is 66.7 Å². The number of aryl methyl sites for hydroxylation is 1. The van der Waals surface area contributed by atoms with E-state index in [0.29, 0.717) is 6.54 Å². The molecule has 1 amide bonds. The number of quaternary nitrogens is 1. The first-order chi connectivity index (χ1) is 14.1. The summed E-state index contributed by atoms with van der Waals surface area (Å²) in [6, 6.07) is 23.2. The molecule has 1 heterocycles. The van der Waals surface area contributed by atoms with E-state index in [2.05, 4.69) is 90.8 Å². The van der Waals surface area contributed by atoms with Crippen molar-refractivity contribution in [2.75, 3.05) is 37.6 Å². The molecule has 2 N–H and O–H groups in total. The Labute approximate surface area is 173 Å². The lowest BCUT2D eigenvalue weighted by molar-refractivity contribution is -0.892. The molecule has 0 saturated carbocycles. The molecule has 0 aliphatic carbocycles. The summed E-state index contributed by atoms with van der Waals surface area (Å²) in [5.41, 5.74) is 3.81. The lowest BCUT2D eigenvalue weighted by Crippen LogP contribution is -3.16. The maximum Gasteiger partial charge on any atom is 0.275 e. The minimum absolute atomic E-state index is 0.00116. The summed E-state index contributed by atoms with van der Waals surface area (Å²) in [4.78, 5) is 16.5. The number of carbonyl (C=O) groups is 1. The van der Waals surface area contributed by atoms with Crippen molar-refractivity contribution < 1.29 is 9.69 Å². The average Bonchev–Trinajstić information content (AvgIpc) is 2.74. The number of nitrogens with one attached hydrogen (secondary N) is 2. The van der Waals surface area contributed by atoms with Gasteiger partial charge in [-0.2, -0.15) is 0 Å². The van der Waals surface area contributed by atoms with Crippen LogP contribution in [0.4, 0.5) is 5.69 Å². The molecule has 0 radical (unpaired) electrons. The van der Waals surface area contributed by atoms with Crippen LogP contribution >= 0.6 is 0 Å². The first-order valence-electron chi connectivity index (χ1n) is 10.5. The number of benzene rings is 3. The van der Waals surface area contributed by atoms with Gasteiger partial charge in [-0.3, -0.25) is 4.79 Å². The third-order valence-corrected chi connectivity index (χ3v) is 6.00. The lowest BCUT2D eigenvalue weighted by Gasteiger charge is -2.34. The van der Waals surface area contributed by atoms with Crippen LogP contribution in [0.2, 0.25) is 0 Å². The van der Waals surface area contributed by atoms with E-state index in [-0.39, 0.29) is 11.9 Å². The predicted molar refractivity (Wildman–Crippen MR) is 119 cm³/mol. The standard InChI is InChI=1S/C25H29N3O/c1-19-8-3-6-13-24(19)28-16-14-27(15-17-28)18-25(29)26-20(2)22-12-7-10-21-9-4-5-11-23(21)22/h3-13,20H,14-18H2,1-2H3,(H,26,29)/p+1/t20-/m1/s1. The Morgan fingerprint density at radius 2 is 1.69 bits per heavy atom. The maximum absolute atomic E-state index is 12.7. The smallest absolute Gasteiger partial charge is 0.275 e. The van der Waals surface area contributed by atoms with Crippen molar-refractivity contribution in [1.82, 2.24) is 5.32 Å². The quantitative estimate of drug-likeness (QED) is 0.705. The highest BCUT2D eigenvalue weighted by Gasteiger charge is 2.24. The monoisotopic (exact) mass is 388 g/mol. The molecular formula is C25H30N3O+. The molecule has 1 aliphatic rings. The summed E-state index contributed by atoms with van der Waals surface area (Å²) < 4.78 is 0. The predicted octanol–water partition coefficient (Wildman–Crippen LogP) is 2.73. The van der Waals surface area contributed by atoms with Crippen molar-refractivity contribution in [3.05, 3.63) is 77.9 Å². The van der Waals surface area contributed by atoms with Gasteiger partial charge in [-0.05, 0) is 41.8 Å². The second-order valence-electron chi connectivity index (χ2n) is 8.06. The zero-order valence-electron chi connectivity index (χ0n) is 17.3. The molecule has 4 rings (SSSR count). The Bertz CT molecular complexity index is 987. The SMILES string of the molecule is Cc1ccccc1N1CC[NH+](CC(=O)N[C@H](C)c2cccc3ccccc23)CC1. The largest absolute Gasteiger partial charge is 0.360 e. The van der Waals surface area contributed by atoms with Crippen molar-refractivity contribution in [2.45, 2.75) is 19.9 Å². The Morgan fingerprint density at radius 3 is 2.48 bits per heavy atom. The van der Waals surface area contributed by atoms with Gasteiger partial charge in [0.2, 0.25) is 0 Å². The van der Waals surface area contributed by atoms with Gasteiger partial charge in [0.05, 0.1) is 32.2 Å². The number of amides is 1. The first kappa shape index (κ1) is 19.5. The van der Waals surface area contributed by atoms with E-state index in [1.165, 1.54) is 32.5 Å². The van der Waals surface area contributed by atoms with Crippen LogP contribution < -0.4 is 15.1 Å². The van der Waals surface area contributed by atoms with E-state index in [0.717, 1.165) is 26.2 Å². The van der Waals surface area contributed by atoms with Crippen molar-refractivity contribution in [3.63, 3.8) is 0 Å². The number of hydrogen-bond acceptors (Lipinski definition) is 2. The molecule has 29 heavy (non-hydrogen) atoms. The second-order valence-corrected chi connectivity index (χ2v) is 8.06. The highest BCUT2D eigenvalue weighted by atomic mass is 16.2. The van der Waals surface area contributed by atoms with Crippen LogP contribution in [-0.2, 0) is 4.79 Å². The molecule has 150 valence electrons. The van der Waals surface area contributed by atoms with Gasteiger partial charge < -0.3 is 15.1 Å². The molecule has 0 bridgehead atoms. The fraction of sp³-hybridized carbons (Fsp3) is 0.320. The Balaban J connectivity index is 1.33. The van der Waals surface area contributed by atoms with Crippen molar-refractivity contribution in [1.29, 1.82) is 0 Å². The highest BCUT2D eigenvalue weighted by Crippen LogP contribution is 2.24. The zero-order chi connectivity index (χ0) is 20.2. The molecule has 1 aliphatic heterocycles. The highest BCUT2D eigenvalue weighted by molar-refractivity contribution is 5.87. The molecule has 1 fully saturated rings. The molecule has 3 aromatic carbocycles. The van der Waals surface area contributed by atoms with Crippen LogP contribution in [0.5, 0.6) is 0 Å². The van der Waals surface area contributed by atoms with Crippen molar-refractivity contribution >= 4 is 22.4 Å². The summed E-state index contributed by atoms with van der Waals surface area (Å²) in [5, 5.41) is 5.64. The fourth-order valence-electron chi connectivity index (χ4n) is 4.38. The minimum Gasteiger partial charge on any atom is -0.360 e. The number of hydrogen-bond donors (Lipinski definition) is 2. The van der Waals surface area contributed by atoms with Crippen LogP contribution in [0.3, 0.4) is 0 Å². The maximum atomic E-state index is 12.7. The number of fused-ring (bicyclic) bond motifs is 1. The first-order valence-corrected chi connectivity index (χ1v) is 10.5. The van der Waals surface area contributed by atoms with E-state index < -0.39 is 0 Å². The average molecular weight is 389 g/mol. The Kier molecular flexibility index (Phi) is 5.81. The molecule has 1 atom stereocenters. The number of rotatable bonds is 5. The van der Waals surface area contributed by atoms with Gasteiger partial charge in [0, 0.05) is 5.69 Å². The molecule has 0 spiro atoms. The van der Waals surface area contributed by atoms with Gasteiger partial charge in [0.15, 0.2) is 6.54 Å². The fourth-order valence-corrected chi connectivity index (χ4v) is 4.38. The van der Waals surface area contributed by atoms with Crippen LogP contribution in [-0.4, -0.2) is 38.6 Å². The van der Waals surface area contributed by atoms with Gasteiger partial charge in [-0.1, -0.05) is 60.7 Å². The van der Waals surface area contributed by atoms with Crippen molar-refractivity contribution in [3.8, 4) is 0 Å². The van der Waals surface area contributed by atoms with Crippen LogP contribution in [0.1, 0.15) is 24.1 Å². The third-order valence-electron chi connectivity index (χ3n) is 6.00. The normalized spacial score (nSPS) is 16.0. The number of carbonyl (C=O) groups excluding carboxylic acids is 1. The van der Waals surface area contributed by atoms with Crippen molar-refractivity contribution in [2.24, 2.45) is 0 Å². The van der Waals surface area contributed by atoms with E-state index in [4.69, 9.17) is 0 Å². The topological polar surface area (TPSA) is 36.8 Å². The summed E-state index contributed by atoms with van der Waals surface area (Å²) >= 11 is 0. The lowest BCUT2D eigenvalue weighted by atomic mass is 10.00. The van der Waals surface area contributed by atoms with E-state index in [1.54, 1.807) is 0 Å². The molecule has 4 heteroatoms. The second kappa shape index (κ2) is 8.66. The summed E-state index contributed by atoms with van der Waals surface area (Å²) in [6.07, 6.45) is 0. The number of piperazine rings is 1. The van der Waals surface area contributed by atoms with Crippen LogP contribution in [0.25, 0.3) is 10.8 Å². The Hall–Kier alpha value is -2.85.